The Balaban J connectivity index is -0.000000229. The fourth-order valence-electron chi connectivity index (χ4n) is 1.38. The fraction of sp³-hybridized carbons (Fsp3) is 0.600. The van der Waals surface area contributed by atoms with Crippen LogP contribution in [0, 0.1) is 12.2 Å². The van der Waals surface area contributed by atoms with Crippen molar-refractivity contribution in [1.29, 1.82) is 0 Å². The molecule has 0 fully saturated rings. The first-order valence-electron chi connectivity index (χ1n) is 8.43. The fourth-order valence-corrected chi connectivity index (χ4v) is 1.38. The van der Waals surface area contributed by atoms with Gasteiger partial charge in [-0.1, -0.05) is 52.4 Å². The molecule has 0 radical (unpaired) electrons. The molecule has 128 valence electrons. The Kier molecular flexibility index (Phi) is 35.3. The monoisotopic (exact) mass is 352 g/mol. The molecule has 0 spiro atoms. The maximum absolute atomic E-state index is 9.69. The molecule has 0 aromatic rings. The summed E-state index contributed by atoms with van der Waals surface area (Å²) in [5.74, 6) is 0. The number of hydrogen-bond donors (Lipinski definition) is 0. The normalized spacial score (nSPS) is 12.3. The molecular weight excluding hydrogens is 320 g/mol. The van der Waals surface area contributed by atoms with Crippen molar-refractivity contribution in [3.8, 4) is 0 Å². The van der Waals surface area contributed by atoms with Crippen molar-refractivity contribution in [2.45, 2.75) is 65.2 Å². The van der Waals surface area contributed by atoms with Gasteiger partial charge >= 0.3 is 21.7 Å². The Morgan fingerprint density at radius 3 is 1.22 bits per heavy atom. The van der Waals surface area contributed by atoms with E-state index in [-0.39, 0.29) is 34.9 Å². The van der Waals surface area contributed by atoms with E-state index in [1.807, 2.05) is 24.3 Å². The van der Waals surface area contributed by atoms with E-state index in [0.717, 1.165) is 51.4 Å². The Bertz CT molecular complexity index is 236. The zero-order valence-electron chi connectivity index (χ0n) is 14.9. The summed E-state index contributed by atoms with van der Waals surface area (Å²) in [5, 5.41) is 19.4. The molecule has 0 saturated heterocycles. The van der Waals surface area contributed by atoms with E-state index < -0.39 is 0 Å². The van der Waals surface area contributed by atoms with Crippen molar-refractivity contribution >= 4 is 0 Å². The molecule has 23 heavy (non-hydrogen) atoms. The van der Waals surface area contributed by atoms with Crippen LogP contribution in [0.25, 0.3) is 0 Å². The van der Waals surface area contributed by atoms with Gasteiger partial charge in [0.1, 0.15) is 0 Å². The molecule has 0 unspecified atom stereocenters. The van der Waals surface area contributed by atoms with Gasteiger partial charge in [-0.25, -0.2) is 24.3 Å². The van der Waals surface area contributed by atoms with Crippen molar-refractivity contribution in [2.75, 3.05) is 13.2 Å². The standard InChI is InChI=1S/2C5H11O.2C5H5.Ti/c2*1-2-3-4-5-6;2*1-2-4-5-3-1;/h2*2-5H2,1H3;2*1-3H,4H2;/q4*-1;+4. The largest absolute Gasteiger partial charge is 4.00 e. The molecule has 0 atom stereocenters. The average molecular weight is 352 g/mol. The zero-order valence-corrected chi connectivity index (χ0v) is 16.4. The van der Waals surface area contributed by atoms with Crippen LogP contribution in [0.1, 0.15) is 65.2 Å². The first-order valence-corrected chi connectivity index (χ1v) is 8.43. The van der Waals surface area contributed by atoms with E-state index in [4.69, 9.17) is 0 Å². The molecule has 2 aliphatic rings. The van der Waals surface area contributed by atoms with Gasteiger partial charge in [-0.05, 0) is 0 Å². The van der Waals surface area contributed by atoms with E-state index in [0.29, 0.717) is 0 Å². The van der Waals surface area contributed by atoms with Gasteiger partial charge in [-0.2, -0.15) is 12.2 Å². The van der Waals surface area contributed by atoms with Crippen LogP contribution in [0.3, 0.4) is 0 Å². The molecule has 0 saturated carbocycles. The second kappa shape index (κ2) is 29.6. The maximum atomic E-state index is 9.69. The minimum Gasteiger partial charge on any atom is -0.854 e. The van der Waals surface area contributed by atoms with Gasteiger partial charge in [0.05, 0.1) is 0 Å². The van der Waals surface area contributed by atoms with E-state index in [2.05, 4.69) is 38.2 Å². The van der Waals surface area contributed by atoms with Crippen molar-refractivity contribution < 1.29 is 31.9 Å². The van der Waals surface area contributed by atoms with Crippen LogP contribution in [0.2, 0.25) is 0 Å². The molecule has 0 N–H and O–H groups in total. The summed E-state index contributed by atoms with van der Waals surface area (Å²) in [7, 11) is 0. The quantitative estimate of drug-likeness (QED) is 0.416. The summed E-state index contributed by atoms with van der Waals surface area (Å²) in [6.45, 7) is 4.40. The topological polar surface area (TPSA) is 46.1 Å². The molecule has 0 heterocycles. The minimum absolute atomic E-state index is 0. The minimum atomic E-state index is 0. The van der Waals surface area contributed by atoms with Crippen molar-refractivity contribution in [2.24, 2.45) is 0 Å². The summed E-state index contributed by atoms with van der Waals surface area (Å²) < 4.78 is 0. The molecule has 0 aliphatic heterocycles. The van der Waals surface area contributed by atoms with Crippen molar-refractivity contribution in [3.63, 3.8) is 0 Å². The summed E-state index contributed by atoms with van der Waals surface area (Å²) >= 11 is 0. The average Bonchev–Trinajstić information content (AvgIpc) is 3.29. The molecule has 0 aromatic heterocycles. The van der Waals surface area contributed by atoms with E-state index in [1.54, 1.807) is 0 Å². The second-order valence-electron chi connectivity index (χ2n) is 4.83. The molecule has 0 amide bonds. The van der Waals surface area contributed by atoms with Gasteiger partial charge in [0, 0.05) is 0 Å². The van der Waals surface area contributed by atoms with Crippen LogP contribution < -0.4 is 10.2 Å². The maximum Gasteiger partial charge on any atom is 4.00 e. The van der Waals surface area contributed by atoms with Gasteiger partial charge in [0.2, 0.25) is 0 Å². The third-order valence-corrected chi connectivity index (χ3v) is 2.67. The third-order valence-electron chi connectivity index (χ3n) is 2.67. The molecule has 0 bridgehead atoms. The van der Waals surface area contributed by atoms with Crippen molar-refractivity contribution in [3.05, 3.63) is 48.6 Å². The van der Waals surface area contributed by atoms with E-state index >= 15 is 0 Å². The number of hydrogen-bond acceptors (Lipinski definition) is 2. The third kappa shape index (κ3) is 34.1. The Morgan fingerprint density at radius 1 is 0.739 bits per heavy atom. The van der Waals surface area contributed by atoms with E-state index in [9.17, 15) is 10.2 Å². The van der Waals surface area contributed by atoms with Crippen LogP contribution in [0.4, 0.5) is 0 Å². The first-order chi connectivity index (χ1) is 10.8. The first kappa shape index (κ1) is 27.4. The zero-order chi connectivity index (χ0) is 16.7. The Hall–Kier alpha value is -0.406. The molecule has 2 aliphatic carbocycles. The Morgan fingerprint density at radius 2 is 1.13 bits per heavy atom. The van der Waals surface area contributed by atoms with Crippen LogP contribution in [0.5, 0.6) is 0 Å². The molecule has 0 aromatic carbocycles. The summed E-state index contributed by atoms with van der Waals surface area (Å²) in [5.41, 5.74) is 0. The van der Waals surface area contributed by atoms with Gasteiger partial charge in [0.15, 0.2) is 0 Å². The Labute approximate surface area is 159 Å². The van der Waals surface area contributed by atoms with Gasteiger partial charge in [0.25, 0.3) is 0 Å². The molecule has 2 rings (SSSR count). The number of unbranched alkanes of at least 4 members (excludes halogenated alkanes) is 4. The van der Waals surface area contributed by atoms with Crippen molar-refractivity contribution in [1.82, 2.24) is 0 Å². The van der Waals surface area contributed by atoms with Crippen LogP contribution >= 0.6 is 0 Å². The van der Waals surface area contributed by atoms with Crippen LogP contribution in [-0.4, -0.2) is 13.2 Å². The van der Waals surface area contributed by atoms with Gasteiger partial charge in [-0.15, -0.1) is 26.1 Å². The van der Waals surface area contributed by atoms with Gasteiger partial charge in [-0.3, -0.25) is 12.2 Å². The predicted octanol–water partition coefficient (Wildman–Crippen LogP) is 3.68. The smallest absolute Gasteiger partial charge is 0.854 e. The molecule has 2 nitrogen and oxygen atoms in total. The number of allylic oxidation sites excluding steroid dienone is 8. The van der Waals surface area contributed by atoms with Crippen LogP contribution in [0.15, 0.2) is 36.5 Å². The molecule has 3 heteroatoms. The summed E-state index contributed by atoms with van der Waals surface area (Å²) in [6, 6.07) is 0. The van der Waals surface area contributed by atoms with E-state index in [1.165, 1.54) is 0 Å². The summed E-state index contributed by atoms with van der Waals surface area (Å²) in [6.07, 6.45) is 26.2. The summed E-state index contributed by atoms with van der Waals surface area (Å²) in [4.78, 5) is 0. The second-order valence-corrected chi connectivity index (χ2v) is 4.83. The van der Waals surface area contributed by atoms with Crippen LogP contribution in [-0.2, 0) is 21.7 Å². The predicted molar refractivity (Wildman–Crippen MR) is 91.9 cm³/mol. The SMILES string of the molecule is CCCCC[O-].CCCCC[O-].[C-]1=CC=CC1.[C-]1=CC=CC1.[Ti+4]. The molecular formula is C20H32O2Ti. The van der Waals surface area contributed by atoms with Gasteiger partial charge < -0.3 is 10.2 Å². The number of rotatable bonds is 6.